The Kier molecular flexibility index (Phi) is 5.74. The maximum atomic E-state index is 12.7. The van der Waals surface area contributed by atoms with E-state index in [0.717, 1.165) is 17.7 Å². The normalized spacial score (nSPS) is 19.0. The summed E-state index contributed by atoms with van der Waals surface area (Å²) in [4.78, 5) is 13.9. The number of hydrogen-bond acceptors (Lipinski definition) is 3. The zero-order chi connectivity index (χ0) is 15.6. The van der Waals surface area contributed by atoms with Crippen LogP contribution < -0.4 is 11.1 Å². The molecule has 3 nitrogen and oxygen atoms in total. The topological polar surface area (TPSA) is 55.1 Å². The lowest BCUT2D eigenvalue weighted by Gasteiger charge is -2.30. The molecule has 1 aliphatic rings. The van der Waals surface area contributed by atoms with E-state index in [1.165, 1.54) is 10.5 Å². The van der Waals surface area contributed by atoms with Crippen molar-refractivity contribution in [2.45, 2.75) is 29.8 Å². The summed E-state index contributed by atoms with van der Waals surface area (Å²) in [5, 5.41) is 3.14. The maximum absolute atomic E-state index is 12.7. The molecule has 0 saturated heterocycles. The molecular weight excluding hydrogens is 328 g/mol. The molecule has 1 amide bonds. The van der Waals surface area contributed by atoms with Gasteiger partial charge < -0.3 is 11.1 Å². The largest absolute Gasteiger partial charge is 0.347 e. The van der Waals surface area contributed by atoms with E-state index >= 15 is 0 Å². The smallest absolute Gasteiger partial charge is 0.244 e. The fourth-order valence-electron chi connectivity index (χ4n) is 2.72. The number of halogens is 1. The molecule has 0 saturated carbocycles. The Morgan fingerprint density at radius 3 is 2.57 bits per heavy atom. The first-order valence-corrected chi connectivity index (χ1v) is 8.44. The predicted molar refractivity (Wildman–Crippen MR) is 97.9 cm³/mol. The van der Waals surface area contributed by atoms with Crippen molar-refractivity contribution in [1.82, 2.24) is 5.32 Å². The first-order valence-electron chi connectivity index (χ1n) is 7.46. The van der Waals surface area contributed by atoms with Crippen LogP contribution in [0.4, 0.5) is 0 Å². The van der Waals surface area contributed by atoms with Crippen LogP contribution in [0, 0.1) is 0 Å². The number of carbonyl (C=O) groups is 1. The van der Waals surface area contributed by atoms with Gasteiger partial charge in [0.1, 0.15) is 5.54 Å². The number of nitrogens with two attached hydrogens (primary N) is 1. The van der Waals surface area contributed by atoms with Crippen molar-refractivity contribution in [2.24, 2.45) is 5.73 Å². The summed E-state index contributed by atoms with van der Waals surface area (Å²) < 4.78 is 0. The number of nitrogens with one attached hydrogen (secondary N) is 1. The van der Waals surface area contributed by atoms with E-state index in [1.54, 1.807) is 6.92 Å². The van der Waals surface area contributed by atoms with Crippen molar-refractivity contribution in [1.29, 1.82) is 0 Å². The molecule has 0 radical (unpaired) electrons. The second-order valence-electron chi connectivity index (χ2n) is 5.77. The molecule has 0 aliphatic carbocycles. The summed E-state index contributed by atoms with van der Waals surface area (Å²) in [5.41, 5.74) is 7.29. The number of fused-ring (bicyclic) bond motifs is 1. The minimum atomic E-state index is -1.03. The molecule has 3 rings (SSSR count). The molecule has 0 bridgehead atoms. The van der Waals surface area contributed by atoms with Gasteiger partial charge in [-0.25, -0.2) is 0 Å². The second kappa shape index (κ2) is 7.39. The van der Waals surface area contributed by atoms with Crippen LogP contribution in [0.5, 0.6) is 0 Å². The van der Waals surface area contributed by atoms with Gasteiger partial charge in [-0.3, -0.25) is 4.79 Å². The van der Waals surface area contributed by atoms with E-state index in [2.05, 4.69) is 17.4 Å². The van der Waals surface area contributed by atoms with Crippen molar-refractivity contribution >= 4 is 30.1 Å². The van der Waals surface area contributed by atoms with Crippen LogP contribution in [0.2, 0.25) is 0 Å². The van der Waals surface area contributed by atoms with Gasteiger partial charge in [0.25, 0.3) is 0 Å². The van der Waals surface area contributed by atoms with Crippen molar-refractivity contribution in [3.05, 3.63) is 65.7 Å². The monoisotopic (exact) mass is 348 g/mol. The Labute approximate surface area is 147 Å². The van der Waals surface area contributed by atoms with Crippen molar-refractivity contribution in [3.8, 4) is 0 Å². The summed E-state index contributed by atoms with van der Waals surface area (Å²) in [5.74, 6) is 0.875. The van der Waals surface area contributed by atoms with Crippen LogP contribution >= 0.6 is 24.2 Å². The van der Waals surface area contributed by atoms with Crippen molar-refractivity contribution in [3.63, 3.8) is 0 Å². The first kappa shape index (κ1) is 17.9. The van der Waals surface area contributed by atoms with E-state index in [1.807, 2.05) is 54.2 Å². The fraction of sp³-hybridized carbons (Fsp3) is 0.278. The lowest BCUT2D eigenvalue weighted by atomic mass is 9.91. The predicted octanol–water partition coefficient (Wildman–Crippen LogP) is 3.64. The average Bonchev–Trinajstić information content (AvgIpc) is 2.56. The molecule has 2 atom stereocenters. The van der Waals surface area contributed by atoms with Crippen molar-refractivity contribution < 1.29 is 4.79 Å². The van der Waals surface area contributed by atoms with Gasteiger partial charge in [-0.2, -0.15) is 0 Å². The standard InChI is InChI=1S/C18H20N2OS.ClH/c1-18(19,13-7-3-2-4-8-13)17(21)20-15-11-12-22-16-10-6-5-9-14(15)16;/h2-10,15H,11-12,19H2,1H3,(H,20,21);1H. The third-order valence-electron chi connectivity index (χ3n) is 4.11. The van der Waals surface area contributed by atoms with E-state index in [-0.39, 0.29) is 24.4 Å². The number of hydrogen-bond donors (Lipinski definition) is 2. The number of carbonyl (C=O) groups excluding carboxylic acids is 1. The fourth-order valence-corrected chi connectivity index (χ4v) is 3.84. The van der Waals surface area contributed by atoms with Crippen LogP contribution in [-0.4, -0.2) is 11.7 Å². The molecule has 122 valence electrons. The molecule has 5 heteroatoms. The van der Waals surface area contributed by atoms with E-state index in [4.69, 9.17) is 5.73 Å². The number of rotatable bonds is 3. The minimum Gasteiger partial charge on any atom is -0.347 e. The van der Waals surface area contributed by atoms with Crippen LogP contribution in [0.3, 0.4) is 0 Å². The Balaban J connectivity index is 0.00000192. The Bertz CT molecular complexity index is 676. The van der Waals surface area contributed by atoms with Crippen LogP contribution in [-0.2, 0) is 10.3 Å². The molecule has 0 fully saturated rings. The summed E-state index contributed by atoms with van der Waals surface area (Å²) >= 11 is 1.84. The van der Waals surface area contributed by atoms with Crippen LogP contribution in [0.1, 0.15) is 30.5 Å². The molecule has 3 N–H and O–H groups in total. The van der Waals surface area contributed by atoms with Crippen LogP contribution in [0.25, 0.3) is 0 Å². The van der Waals surface area contributed by atoms with Gasteiger partial charge in [-0.15, -0.1) is 24.2 Å². The molecule has 0 aromatic heterocycles. The lowest BCUT2D eigenvalue weighted by molar-refractivity contribution is -0.126. The summed E-state index contributed by atoms with van der Waals surface area (Å²) in [6, 6.07) is 17.8. The zero-order valence-corrected chi connectivity index (χ0v) is 14.6. The highest BCUT2D eigenvalue weighted by Crippen LogP contribution is 2.36. The zero-order valence-electron chi connectivity index (χ0n) is 13.0. The third kappa shape index (κ3) is 3.71. The van der Waals surface area contributed by atoms with Gasteiger partial charge in [0.05, 0.1) is 6.04 Å². The molecule has 23 heavy (non-hydrogen) atoms. The van der Waals surface area contributed by atoms with Gasteiger partial charge in [0.15, 0.2) is 0 Å². The molecule has 2 aromatic rings. The molecule has 1 heterocycles. The summed E-state index contributed by atoms with van der Waals surface area (Å²) in [7, 11) is 0. The number of benzene rings is 2. The Morgan fingerprint density at radius 2 is 1.83 bits per heavy atom. The SMILES string of the molecule is CC(N)(C(=O)NC1CCSc2ccccc21)c1ccccc1.Cl. The van der Waals surface area contributed by atoms with E-state index in [9.17, 15) is 4.79 Å². The van der Waals surface area contributed by atoms with Crippen molar-refractivity contribution in [2.75, 3.05) is 5.75 Å². The molecule has 0 spiro atoms. The number of amides is 1. The van der Waals surface area contributed by atoms with Crippen LogP contribution in [0.15, 0.2) is 59.5 Å². The van der Waals surface area contributed by atoms with E-state index in [0.29, 0.717) is 0 Å². The molecule has 1 aliphatic heterocycles. The highest BCUT2D eigenvalue weighted by atomic mass is 35.5. The maximum Gasteiger partial charge on any atom is 0.244 e. The van der Waals surface area contributed by atoms with Gasteiger partial charge in [0, 0.05) is 10.6 Å². The third-order valence-corrected chi connectivity index (χ3v) is 5.23. The van der Waals surface area contributed by atoms with Gasteiger partial charge >= 0.3 is 0 Å². The Morgan fingerprint density at radius 1 is 1.17 bits per heavy atom. The Hall–Kier alpha value is -1.49. The lowest BCUT2D eigenvalue weighted by Crippen LogP contribution is -2.50. The average molecular weight is 349 g/mol. The second-order valence-corrected chi connectivity index (χ2v) is 6.91. The summed E-state index contributed by atoms with van der Waals surface area (Å²) in [6.45, 7) is 1.77. The van der Waals surface area contributed by atoms with Gasteiger partial charge in [-0.1, -0.05) is 48.5 Å². The van der Waals surface area contributed by atoms with Gasteiger partial charge in [-0.05, 0) is 30.5 Å². The first-order chi connectivity index (χ1) is 10.6. The van der Waals surface area contributed by atoms with E-state index < -0.39 is 5.54 Å². The molecular formula is C18H21ClN2OS. The minimum absolute atomic E-state index is 0. The molecule has 2 aromatic carbocycles. The highest BCUT2D eigenvalue weighted by Gasteiger charge is 2.33. The number of thioether (sulfide) groups is 1. The molecule has 2 unspecified atom stereocenters. The van der Waals surface area contributed by atoms with Gasteiger partial charge in [0.2, 0.25) is 5.91 Å². The highest BCUT2D eigenvalue weighted by molar-refractivity contribution is 7.99. The summed E-state index contributed by atoms with van der Waals surface area (Å²) in [6.07, 6.45) is 0.929. The quantitative estimate of drug-likeness (QED) is 0.890.